The van der Waals surface area contributed by atoms with Gasteiger partial charge in [0.1, 0.15) is 15.6 Å². The molecule has 2 N–H and O–H groups in total. The van der Waals surface area contributed by atoms with Crippen LogP contribution in [0.4, 0.5) is 5.69 Å². The van der Waals surface area contributed by atoms with E-state index >= 15 is 0 Å². The third kappa shape index (κ3) is 4.73. The summed E-state index contributed by atoms with van der Waals surface area (Å²) >= 11 is 0. The van der Waals surface area contributed by atoms with Crippen LogP contribution < -0.4 is 10.5 Å². The third-order valence-electron chi connectivity index (χ3n) is 2.70. The van der Waals surface area contributed by atoms with Crippen molar-refractivity contribution in [2.75, 3.05) is 37.9 Å². The zero-order valence-electron chi connectivity index (χ0n) is 11.9. The van der Waals surface area contributed by atoms with Gasteiger partial charge in [-0.1, -0.05) is 0 Å². The molecule has 0 aliphatic heterocycles. The number of amides is 1. The first-order valence-electron chi connectivity index (χ1n) is 6.20. The highest BCUT2D eigenvalue weighted by Gasteiger charge is 2.15. The van der Waals surface area contributed by atoms with Crippen LogP contribution in [-0.2, 0) is 9.84 Å². The molecule has 0 fully saturated rings. The largest absolute Gasteiger partial charge is 0.492 e. The van der Waals surface area contributed by atoms with Gasteiger partial charge in [-0.25, -0.2) is 8.42 Å². The molecular weight excluding hydrogens is 280 g/mol. The highest BCUT2D eigenvalue weighted by molar-refractivity contribution is 7.90. The molecule has 1 aromatic carbocycles. The summed E-state index contributed by atoms with van der Waals surface area (Å²) in [7, 11) is -1.54. The maximum atomic E-state index is 12.1. The number of anilines is 1. The SMILES string of the molecule is CCOc1ccc(C(=O)N(C)CCS(C)(=O)=O)cc1N. The van der Waals surface area contributed by atoms with Crippen LogP contribution in [0.15, 0.2) is 18.2 Å². The predicted molar refractivity (Wildman–Crippen MR) is 78.7 cm³/mol. The lowest BCUT2D eigenvalue weighted by molar-refractivity contribution is 0.0803. The highest BCUT2D eigenvalue weighted by atomic mass is 32.2. The van der Waals surface area contributed by atoms with Crippen LogP contribution >= 0.6 is 0 Å². The van der Waals surface area contributed by atoms with Crippen molar-refractivity contribution in [1.82, 2.24) is 4.90 Å². The molecular formula is C13H20N2O4S. The van der Waals surface area contributed by atoms with Gasteiger partial charge in [-0.3, -0.25) is 4.79 Å². The number of nitrogens with two attached hydrogens (primary N) is 1. The zero-order chi connectivity index (χ0) is 15.3. The van der Waals surface area contributed by atoms with Crippen molar-refractivity contribution >= 4 is 21.4 Å². The molecule has 0 saturated heterocycles. The Morgan fingerprint density at radius 2 is 2.05 bits per heavy atom. The average molecular weight is 300 g/mol. The van der Waals surface area contributed by atoms with Crippen LogP contribution in [-0.4, -0.2) is 51.4 Å². The maximum Gasteiger partial charge on any atom is 0.253 e. The number of benzene rings is 1. The van der Waals surface area contributed by atoms with E-state index in [1.54, 1.807) is 19.2 Å². The standard InChI is InChI=1S/C13H20N2O4S/c1-4-19-12-6-5-10(9-11(12)14)13(16)15(2)7-8-20(3,17)18/h5-6,9H,4,7-8,14H2,1-3H3. The van der Waals surface area contributed by atoms with Crippen LogP contribution in [0, 0.1) is 0 Å². The van der Waals surface area contributed by atoms with Crippen molar-refractivity contribution in [3.63, 3.8) is 0 Å². The van der Waals surface area contributed by atoms with Crippen LogP contribution in [0.3, 0.4) is 0 Å². The molecule has 0 aliphatic carbocycles. The molecule has 6 nitrogen and oxygen atoms in total. The van der Waals surface area contributed by atoms with Gasteiger partial charge in [-0.2, -0.15) is 0 Å². The lowest BCUT2D eigenvalue weighted by Crippen LogP contribution is -2.31. The minimum Gasteiger partial charge on any atom is -0.492 e. The van der Waals surface area contributed by atoms with E-state index < -0.39 is 9.84 Å². The zero-order valence-corrected chi connectivity index (χ0v) is 12.7. The van der Waals surface area contributed by atoms with E-state index in [1.165, 1.54) is 11.0 Å². The molecule has 20 heavy (non-hydrogen) atoms. The molecule has 112 valence electrons. The molecule has 0 bridgehead atoms. The highest BCUT2D eigenvalue weighted by Crippen LogP contribution is 2.23. The summed E-state index contributed by atoms with van der Waals surface area (Å²) in [6.45, 7) is 2.48. The number of hydrogen-bond acceptors (Lipinski definition) is 5. The van der Waals surface area contributed by atoms with Gasteiger partial charge in [0.25, 0.3) is 5.91 Å². The summed E-state index contributed by atoms with van der Waals surface area (Å²) in [6.07, 6.45) is 1.14. The summed E-state index contributed by atoms with van der Waals surface area (Å²) in [6, 6.07) is 4.78. The Balaban J connectivity index is 2.79. The van der Waals surface area contributed by atoms with E-state index in [1.807, 2.05) is 6.92 Å². The van der Waals surface area contributed by atoms with E-state index in [-0.39, 0.29) is 18.2 Å². The number of nitrogen functional groups attached to an aromatic ring is 1. The Bertz CT molecular complexity index is 584. The van der Waals surface area contributed by atoms with Crippen LogP contribution in [0.2, 0.25) is 0 Å². The second kappa shape index (κ2) is 6.60. The molecule has 0 heterocycles. The quantitative estimate of drug-likeness (QED) is 0.784. The van der Waals surface area contributed by atoms with Crippen LogP contribution in [0.1, 0.15) is 17.3 Å². The molecule has 0 unspecified atom stereocenters. The van der Waals surface area contributed by atoms with Gasteiger partial charge in [0.15, 0.2) is 0 Å². The van der Waals surface area contributed by atoms with Crippen molar-refractivity contribution in [2.45, 2.75) is 6.92 Å². The van der Waals surface area contributed by atoms with Gasteiger partial charge in [-0.15, -0.1) is 0 Å². The number of sulfone groups is 1. The van der Waals surface area contributed by atoms with Crippen molar-refractivity contribution in [1.29, 1.82) is 0 Å². The summed E-state index contributed by atoms with van der Waals surface area (Å²) in [4.78, 5) is 13.5. The fourth-order valence-electron chi connectivity index (χ4n) is 1.59. The van der Waals surface area contributed by atoms with E-state index in [4.69, 9.17) is 10.5 Å². The van der Waals surface area contributed by atoms with Crippen molar-refractivity contribution in [2.24, 2.45) is 0 Å². The minimum absolute atomic E-state index is 0.0677. The summed E-state index contributed by atoms with van der Waals surface area (Å²) in [5.41, 5.74) is 6.59. The number of ether oxygens (including phenoxy) is 1. The smallest absolute Gasteiger partial charge is 0.253 e. The molecule has 0 radical (unpaired) electrons. The first kappa shape index (κ1) is 16.3. The second-order valence-corrected chi connectivity index (χ2v) is 6.80. The maximum absolute atomic E-state index is 12.1. The van der Waals surface area contributed by atoms with Gasteiger partial charge >= 0.3 is 0 Å². The molecule has 1 amide bonds. The third-order valence-corrected chi connectivity index (χ3v) is 3.62. The summed E-state index contributed by atoms with van der Waals surface area (Å²) in [5, 5.41) is 0. The first-order valence-corrected chi connectivity index (χ1v) is 8.26. The molecule has 7 heteroatoms. The van der Waals surface area contributed by atoms with Crippen molar-refractivity contribution < 1.29 is 17.9 Å². The molecule has 0 spiro atoms. The van der Waals surface area contributed by atoms with Gasteiger partial charge in [0.05, 0.1) is 18.0 Å². The molecule has 0 aliphatic rings. The number of hydrogen-bond donors (Lipinski definition) is 1. The molecule has 1 rings (SSSR count). The monoisotopic (exact) mass is 300 g/mol. The number of carbonyl (C=O) groups excluding carboxylic acids is 1. The van der Waals surface area contributed by atoms with Crippen LogP contribution in [0.5, 0.6) is 5.75 Å². The van der Waals surface area contributed by atoms with Crippen LogP contribution in [0.25, 0.3) is 0 Å². The lowest BCUT2D eigenvalue weighted by Gasteiger charge is -2.17. The summed E-state index contributed by atoms with van der Waals surface area (Å²) < 4.78 is 27.5. The Morgan fingerprint density at radius 1 is 1.40 bits per heavy atom. The minimum atomic E-state index is -3.10. The van der Waals surface area contributed by atoms with Gasteiger partial charge in [-0.05, 0) is 25.1 Å². The summed E-state index contributed by atoms with van der Waals surface area (Å²) in [5.74, 6) is 0.188. The predicted octanol–water partition coefficient (Wildman–Crippen LogP) is 0.784. The number of carbonyl (C=O) groups is 1. The van der Waals surface area contributed by atoms with E-state index in [0.29, 0.717) is 23.6 Å². The van der Waals surface area contributed by atoms with E-state index in [2.05, 4.69) is 0 Å². The lowest BCUT2D eigenvalue weighted by atomic mass is 10.1. The van der Waals surface area contributed by atoms with Gasteiger partial charge in [0, 0.05) is 25.4 Å². The van der Waals surface area contributed by atoms with Gasteiger partial charge in [0.2, 0.25) is 0 Å². The first-order chi connectivity index (χ1) is 9.24. The Labute approximate surface area is 119 Å². The molecule has 0 aromatic heterocycles. The average Bonchev–Trinajstić information content (AvgIpc) is 2.37. The van der Waals surface area contributed by atoms with E-state index in [0.717, 1.165) is 6.26 Å². The van der Waals surface area contributed by atoms with E-state index in [9.17, 15) is 13.2 Å². The Hall–Kier alpha value is -1.76. The number of nitrogens with zero attached hydrogens (tertiary/aromatic N) is 1. The Kier molecular flexibility index (Phi) is 5.38. The fraction of sp³-hybridized carbons (Fsp3) is 0.462. The van der Waals surface area contributed by atoms with Gasteiger partial charge < -0.3 is 15.4 Å². The molecule has 1 aromatic rings. The topological polar surface area (TPSA) is 89.7 Å². The second-order valence-electron chi connectivity index (χ2n) is 4.54. The fourth-order valence-corrected chi connectivity index (χ4v) is 2.20. The normalized spacial score (nSPS) is 11.2. The van der Waals surface area contributed by atoms with Crippen molar-refractivity contribution in [3.05, 3.63) is 23.8 Å². The molecule has 0 atom stereocenters. The molecule has 0 saturated carbocycles. The Morgan fingerprint density at radius 3 is 2.55 bits per heavy atom. The van der Waals surface area contributed by atoms with Crippen molar-refractivity contribution in [3.8, 4) is 5.75 Å². The number of rotatable bonds is 6.